The van der Waals surface area contributed by atoms with Gasteiger partial charge in [-0.1, -0.05) is 77.9 Å². The second-order valence-corrected chi connectivity index (χ2v) is 24.9. The van der Waals surface area contributed by atoms with Crippen LogP contribution in [0.2, 0.25) is 0 Å². The minimum absolute atomic E-state index is 0. The number of aromatic nitrogens is 2. The van der Waals surface area contributed by atoms with Gasteiger partial charge >= 0.3 is 5.97 Å². The molecule has 2 saturated heterocycles. The zero-order chi connectivity index (χ0) is 66.6. The van der Waals surface area contributed by atoms with Crippen molar-refractivity contribution < 1.29 is 153 Å². The van der Waals surface area contributed by atoms with Gasteiger partial charge in [-0.2, -0.15) is 0 Å². The Bertz CT molecular complexity index is 2940. The number of phenolic OH excluding ortho intramolecular Hbond substituents is 1. The Morgan fingerprint density at radius 1 is 0.742 bits per heavy atom. The third-order valence-electron chi connectivity index (χ3n) is 14.3. The summed E-state index contributed by atoms with van der Waals surface area (Å²) in [7, 11) is 2.43. The number of nitrogens with one attached hydrogen (secondary N) is 12. The van der Waals surface area contributed by atoms with Gasteiger partial charge in [0, 0.05) is 155 Å². The number of aliphatic hydroxyl groups excluding tert-OH is 1. The number of carbonyl (C=O) groups excluding carboxylic acids is 11. The average Bonchev–Trinajstić information content (AvgIpc) is 1.80. The Balaban J connectivity index is 0.0000113. The van der Waals surface area contributed by atoms with Crippen molar-refractivity contribution in [2.24, 2.45) is 5.92 Å². The molecule has 3 heterocycles. The molecule has 34 heteroatoms. The quantitative estimate of drug-likeness (QED) is 0.0192. The van der Waals surface area contributed by atoms with E-state index < -0.39 is 145 Å². The van der Waals surface area contributed by atoms with Crippen LogP contribution in [0.4, 0.5) is 0 Å². The van der Waals surface area contributed by atoms with Gasteiger partial charge in [0.15, 0.2) is 0 Å². The van der Waals surface area contributed by atoms with Gasteiger partial charge in [0.25, 0.3) is 0 Å². The number of aromatic hydroxyl groups is 1. The minimum Gasteiger partial charge on any atom is -0.508 e. The summed E-state index contributed by atoms with van der Waals surface area (Å²) in [4.78, 5) is 171. The summed E-state index contributed by atoms with van der Waals surface area (Å²) in [5.74, 6) is -9.44. The standard InChI is InChI=1S/C59H83N15O15S2.2Gd/c1-34(2)22-42-53(83)66-35(3)31-90-91-32-47(59(89)74-19-9-12-48(74)58(88)71-44(24-39-13-15-41(77)16-14-39)55(85)70-46(26-52(81)82)57(87)68-42)72-56(86)45(25-40-27-60-33-65-40)69-54(84)43(23-38-10-7-6-8-11-38)67-50(79)29-63-49(78)28-64-51(80)30-73(20-17-61-36(4)75)21-18-62-37(5)76;;/h6-8,10-11,13-16,27,33-35,42-48,54,69,77,84H,4-5,9,12,17-26,28-32H2,1-3H3,(H,60,65)(H,61,75)(H,62,76)(H,63,78)(H,64,80)(H,66,83)(H,67,79)(H,68,87)(H,70,85)(H,71,88)(H,72,86)(H,81,82);;/q-2;;/t35-,42+,43+,44+,45+,46+,47+,48+,54+;;/m1../s1. The molecule has 2 aliphatic rings. The molecule has 0 unspecified atom stereocenters. The Morgan fingerprint density at radius 3 is 1.97 bits per heavy atom. The Morgan fingerprint density at radius 2 is 1.34 bits per heavy atom. The van der Waals surface area contributed by atoms with Crippen LogP contribution in [0.15, 0.2) is 67.1 Å². The normalized spacial score (nSPS) is 20.0. The summed E-state index contributed by atoms with van der Waals surface area (Å²) in [5.41, 5.74) is 1.52. The number of nitrogens with zero attached hydrogens (tertiary/aromatic N) is 3. The number of rotatable bonds is 28. The number of hydrogen-bond donors (Lipinski definition) is 15. The maximum atomic E-state index is 15.0. The van der Waals surface area contributed by atoms with E-state index in [2.05, 4.69) is 82.3 Å². The number of fused-ring (bicyclic) bond motifs is 1. The second kappa shape index (κ2) is 42.5. The van der Waals surface area contributed by atoms with Crippen LogP contribution in [-0.2, 0) is 76.8 Å². The third kappa shape index (κ3) is 30.1. The van der Waals surface area contributed by atoms with E-state index in [4.69, 9.17) is 0 Å². The van der Waals surface area contributed by atoms with Crippen molar-refractivity contribution in [3.05, 3.63) is 97.8 Å². The molecule has 30 nitrogen and oxygen atoms in total. The number of imidazole rings is 1. The number of aliphatic hydroxyl groups is 1. The summed E-state index contributed by atoms with van der Waals surface area (Å²) >= 11 is 0. The number of carboxylic acids is 1. The fourth-order valence-electron chi connectivity index (χ4n) is 9.77. The summed E-state index contributed by atoms with van der Waals surface area (Å²) in [6.07, 6.45) is 0.430. The van der Waals surface area contributed by atoms with Crippen LogP contribution in [0.25, 0.3) is 0 Å². The summed E-state index contributed by atoms with van der Waals surface area (Å²) < 4.78 is 0. The van der Waals surface area contributed by atoms with Gasteiger partial charge in [0.1, 0.15) is 42.2 Å². The van der Waals surface area contributed by atoms with Crippen LogP contribution < -0.4 is 58.5 Å². The molecular weight excluding hydrogens is 1540 g/mol. The van der Waals surface area contributed by atoms with Crippen molar-refractivity contribution in [2.75, 3.05) is 63.9 Å². The predicted molar refractivity (Wildman–Crippen MR) is 335 cm³/mol. The molecule has 5 rings (SSSR count). The first-order valence-corrected chi connectivity index (χ1v) is 32.1. The molecule has 514 valence electrons. The first kappa shape index (κ1) is 81.3. The van der Waals surface area contributed by atoms with Crippen LogP contribution in [0.1, 0.15) is 63.3 Å². The number of benzene rings is 2. The maximum Gasteiger partial charge on any atom is 0.305 e. The smallest absolute Gasteiger partial charge is 0.305 e. The van der Waals surface area contributed by atoms with Gasteiger partial charge in [-0.15, -0.1) is 0 Å². The fraction of sp³-hybridized carbons (Fsp3) is 0.508. The summed E-state index contributed by atoms with van der Waals surface area (Å²) in [6.45, 7) is 11.2. The van der Waals surface area contributed by atoms with Crippen LogP contribution >= 0.6 is 21.6 Å². The molecule has 3 aromatic rings. The van der Waals surface area contributed by atoms with Crippen molar-refractivity contribution >= 4 is 92.5 Å². The van der Waals surface area contributed by atoms with Crippen molar-refractivity contribution in [3.63, 3.8) is 0 Å². The first-order valence-electron chi connectivity index (χ1n) is 29.6. The monoisotopic (exact) mass is 1620 g/mol. The number of aromatic amines is 1. The molecule has 0 radical (unpaired) electrons. The maximum absolute atomic E-state index is 15.0. The number of aliphatic carboxylic acids is 1. The number of carboxylic acid groups (broad SMARTS) is 1. The molecule has 0 saturated carbocycles. The van der Waals surface area contributed by atoms with Crippen LogP contribution in [0.3, 0.4) is 0 Å². The molecule has 0 aliphatic carbocycles. The van der Waals surface area contributed by atoms with Gasteiger partial charge in [0.2, 0.25) is 53.2 Å². The predicted octanol–water partition coefficient (Wildman–Crippen LogP) is -3.31. The average molecular weight is 1620 g/mol. The van der Waals surface area contributed by atoms with Gasteiger partial charge in [-0.05, 0) is 61.8 Å². The molecule has 15 N–H and O–H groups in total. The molecule has 0 bridgehead atoms. The molecule has 2 aromatic carbocycles. The Kier molecular flexibility index (Phi) is 37.1. The van der Waals surface area contributed by atoms with E-state index in [0.717, 1.165) is 0 Å². The van der Waals surface area contributed by atoms with Crippen molar-refractivity contribution in [2.45, 2.75) is 120 Å². The molecule has 2 fully saturated rings. The second-order valence-electron chi connectivity index (χ2n) is 22.3. The van der Waals surface area contributed by atoms with Crippen molar-refractivity contribution in [3.8, 4) is 5.75 Å². The largest absolute Gasteiger partial charge is 0.508 e. The van der Waals surface area contributed by atoms with Gasteiger partial charge < -0.3 is 102 Å². The molecule has 93 heavy (non-hydrogen) atoms. The summed E-state index contributed by atoms with van der Waals surface area (Å²) in [6, 6.07) is 4.44. The SMILES string of the molecule is [CH2-]C(=O)NCCN(CCNC([CH2-])=O)CC(=O)NCC(=O)NCC(=O)N[C@@H](Cc1ccccc1)[C@H](O)N[C@@H](Cc1cnc[nH]1)C(=O)N[C@H]1CSSC[C@@H](C)NC(=O)[C@H](CC(C)C)NC(=O)[C@H](CC(=O)O)NC(=O)[C@H](Cc2ccc(O)cc2)NC(=O)[C@@H]2CCCN2C1=O.[Gd].[Gd]. The van der Waals surface area contributed by atoms with Crippen LogP contribution in [0.5, 0.6) is 5.75 Å². The Hall–Kier alpha value is -5.94. The first-order chi connectivity index (χ1) is 43.3. The fourth-order valence-corrected chi connectivity index (χ4v) is 12.2. The van der Waals surface area contributed by atoms with E-state index >= 15 is 4.79 Å². The van der Waals surface area contributed by atoms with E-state index in [-0.39, 0.29) is 174 Å². The molecule has 0 spiro atoms. The number of hydrogen-bond acceptors (Lipinski definition) is 19. The van der Waals surface area contributed by atoms with Crippen LogP contribution in [-0.4, -0.2) is 224 Å². The number of carbonyl (C=O) groups is 12. The zero-order valence-electron chi connectivity index (χ0n) is 51.7. The van der Waals surface area contributed by atoms with Crippen molar-refractivity contribution in [1.29, 1.82) is 0 Å². The van der Waals surface area contributed by atoms with Gasteiger partial charge in [0.05, 0.1) is 56.3 Å². The van der Waals surface area contributed by atoms with Gasteiger partial charge in [-0.25, -0.2) is 4.98 Å². The topological polar surface area (TPSA) is 433 Å². The molecule has 1 aromatic heterocycles. The zero-order valence-corrected chi connectivity index (χ0v) is 57.8. The summed E-state index contributed by atoms with van der Waals surface area (Å²) in [5, 5.41) is 61.0. The van der Waals surface area contributed by atoms with Crippen molar-refractivity contribution in [1.82, 2.24) is 78.3 Å². The van der Waals surface area contributed by atoms with Gasteiger partial charge in [-0.3, -0.25) is 58.2 Å². The van der Waals surface area contributed by atoms with E-state index in [1.54, 1.807) is 42.2 Å². The number of H-pyrrole nitrogens is 1. The van der Waals surface area contributed by atoms with E-state index in [1.807, 2.05) is 13.8 Å². The third-order valence-corrected chi connectivity index (χ3v) is 16.9. The molecular formula is C59H83Gd2N15O15S2-2. The number of phenols is 1. The minimum atomic E-state index is -1.71. The molecule has 2 aliphatic heterocycles. The van der Waals surface area contributed by atoms with Crippen LogP contribution in [0, 0.1) is 99.6 Å². The number of amides is 11. The van der Waals surface area contributed by atoms with E-state index in [1.165, 1.54) is 63.3 Å². The van der Waals surface area contributed by atoms with E-state index in [9.17, 15) is 68.1 Å². The molecule has 9 atom stereocenters. The molecule has 11 amide bonds. The van der Waals surface area contributed by atoms with E-state index in [0.29, 0.717) is 23.2 Å². The Labute approximate surface area is 611 Å².